The zero-order chi connectivity index (χ0) is 14.4. The Balaban J connectivity index is 2.17. The lowest BCUT2D eigenvalue weighted by atomic mass is 10.1. The fourth-order valence-electron chi connectivity index (χ4n) is 2.20. The second kappa shape index (κ2) is 4.02. The molecule has 1 aromatic heterocycles. The Morgan fingerprint density at radius 2 is 1.70 bits per heavy atom. The molecule has 3 rings (SSSR count). The number of carbonyl (C=O) groups excluding carboxylic acids is 2. The summed E-state index contributed by atoms with van der Waals surface area (Å²) in [6, 6.07) is 6.36. The highest BCUT2D eigenvalue weighted by molar-refractivity contribution is 6.35. The highest BCUT2D eigenvalue weighted by Gasteiger charge is 2.39. The number of carbonyl (C=O) groups is 3. The van der Waals surface area contributed by atoms with E-state index in [9.17, 15) is 14.4 Å². The standard InChI is InChI=1S/C13H9N3O4/c1-15-6-9(10(14-15)13(19)20)16-11(17)7-4-2-3-5-8(7)12(16)18/h2-6H,1H3,(H,19,20). The molecule has 0 fully saturated rings. The summed E-state index contributed by atoms with van der Waals surface area (Å²) < 4.78 is 1.25. The molecule has 7 heteroatoms. The third kappa shape index (κ3) is 1.53. The van der Waals surface area contributed by atoms with E-state index in [4.69, 9.17) is 5.11 Å². The van der Waals surface area contributed by atoms with Gasteiger partial charge in [0.15, 0.2) is 5.69 Å². The van der Waals surface area contributed by atoms with Gasteiger partial charge in [-0.3, -0.25) is 14.3 Å². The van der Waals surface area contributed by atoms with Gasteiger partial charge in [-0.25, -0.2) is 9.69 Å². The normalized spacial score (nSPS) is 13.8. The molecule has 1 aliphatic rings. The van der Waals surface area contributed by atoms with Crippen molar-refractivity contribution in [1.29, 1.82) is 0 Å². The number of nitrogens with zero attached hydrogens (tertiary/aromatic N) is 3. The van der Waals surface area contributed by atoms with Crippen LogP contribution in [0.15, 0.2) is 30.5 Å². The Bertz CT molecular complexity index is 728. The molecule has 2 heterocycles. The topological polar surface area (TPSA) is 92.5 Å². The summed E-state index contributed by atoms with van der Waals surface area (Å²) in [5.41, 5.74) is 0.170. The molecule has 0 bridgehead atoms. The van der Waals surface area contributed by atoms with Gasteiger partial charge in [0.2, 0.25) is 0 Å². The Kier molecular flexibility index (Phi) is 2.43. The summed E-state index contributed by atoms with van der Waals surface area (Å²) in [7, 11) is 1.52. The number of carboxylic acid groups (broad SMARTS) is 1. The number of fused-ring (bicyclic) bond motifs is 1. The van der Waals surface area contributed by atoms with Gasteiger partial charge >= 0.3 is 5.97 Å². The Labute approximate surface area is 113 Å². The van der Waals surface area contributed by atoms with E-state index in [2.05, 4.69) is 5.10 Å². The van der Waals surface area contributed by atoms with Gasteiger partial charge in [-0.05, 0) is 12.1 Å². The lowest BCUT2D eigenvalue weighted by molar-refractivity contribution is 0.0690. The monoisotopic (exact) mass is 271 g/mol. The number of hydrogen-bond donors (Lipinski definition) is 1. The number of carboxylic acids is 1. The predicted octanol–water partition coefficient (Wildman–Crippen LogP) is 0.919. The Morgan fingerprint density at radius 1 is 1.15 bits per heavy atom. The highest BCUT2D eigenvalue weighted by Crippen LogP contribution is 2.30. The van der Waals surface area contributed by atoms with E-state index in [1.54, 1.807) is 12.1 Å². The largest absolute Gasteiger partial charge is 0.476 e. The first-order valence-corrected chi connectivity index (χ1v) is 5.75. The fraction of sp³-hybridized carbons (Fsp3) is 0.0769. The van der Waals surface area contributed by atoms with Crippen LogP contribution in [0.2, 0.25) is 0 Å². The Morgan fingerprint density at radius 3 is 2.20 bits per heavy atom. The quantitative estimate of drug-likeness (QED) is 0.820. The summed E-state index contributed by atoms with van der Waals surface area (Å²) in [5, 5.41) is 12.9. The fourth-order valence-corrected chi connectivity index (χ4v) is 2.20. The smallest absolute Gasteiger partial charge is 0.358 e. The first-order valence-electron chi connectivity index (χ1n) is 5.75. The molecule has 1 aromatic carbocycles. The van der Waals surface area contributed by atoms with Crippen molar-refractivity contribution in [3.05, 3.63) is 47.3 Å². The molecule has 7 nitrogen and oxygen atoms in total. The Hall–Kier alpha value is -2.96. The maximum absolute atomic E-state index is 12.3. The summed E-state index contributed by atoms with van der Waals surface area (Å²) >= 11 is 0. The van der Waals surface area contributed by atoms with Crippen LogP contribution in [0.4, 0.5) is 5.69 Å². The van der Waals surface area contributed by atoms with Crippen LogP contribution in [0.5, 0.6) is 0 Å². The number of hydrogen-bond acceptors (Lipinski definition) is 4. The molecular formula is C13H9N3O4. The second-order valence-electron chi connectivity index (χ2n) is 4.33. The van der Waals surface area contributed by atoms with Crippen LogP contribution in [-0.4, -0.2) is 32.7 Å². The second-order valence-corrected chi connectivity index (χ2v) is 4.33. The molecule has 0 radical (unpaired) electrons. The molecule has 2 aromatic rings. The van der Waals surface area contributed by atoms with Gasteiger partial charge in [0, 0.05) is 13.2 Å². The minimum Gasteiger partial charge on any atom is -0.476 e. The molecule has 0 saturated heterocycles. The van der Waals surface area contributed by atoms with E-state index in [0.29, 0.717) is 0 Å². The van der Waals surface area contributed by atoms with Gasteiger partial charge in [-0.15, -0.1) is 0 Å². The maximum atomic E-state index is 12.3. The van der Waals surface area contributed by atoms with Crippen molar-refractivity contribution in [2.75, 3.05) is 4.90 Å². The van der Waals surface area contributed by atoms with Crippen LogP contribution >= 0.6 is 0 Å². The van der Waals surface area contributed by atoms with Gasteiger partial charge in [0.25, 0.3) is 11.8 Å². The van der Waals surface area contributed by atoms with E-state index in [-0.39, 0.29) is 22.5 Å². The summed E-state index contributed by atoms with van der Waals surface area (Å²) in [4.78, 5) is 36.5. The van der Waals surface area contributed by atoms with Crippen molar-refractivity contribution < 1.29 is 19.5 Å². The molecule has 100 valence electrons. The first kappa shape index (κ1) is 12.1. The minimum atomic E-state index is -1.29. The van der Waals surface area contributed by atoms with Gasteiger partial charge in [0.05, 0.1) is 11.1 Å². The molecule has 0 atom stereocenters. The number of benzene rings is 1. The average Bonchev–Trinajstić information content (AvgIpc) is 2.90. The van der Waals surface area contributed by atoms with Gasteiger partial charge in [0.1, 0.15) is 5.69 Å². The van der Waals surface area contributed by atoms with E-state index < -0.39 is 17.8 Å². The SMILES string of the molecule is Cn1cc(N2C(=O)c3ccccc3C2=O)c(C(=O)O)n1. The van der Waals surface area contributed by atoms with Crippen molar-refractivity contribution >= 4 is 23.5 Å². The first-order chi connectivity index (χ1) is 9.50. The molecule has 20 heavy (non-hydrogen) atoms. The van der Waals surface area contributed by atoms with Crippen molar-refractivity contribution in [3.63, 3.8) is 0 Å². The predicted molar refractivity (Wildman–Crippen MR) is 67.7 cm³/mol. The molecule has 1 aliphatic heterocycles. The zero-order valence-electron chi connectivity index (χ0n) is 10.4. The number of anilines is 1. The van der Waals surface area contributed by atoms with Crippen molar-refractivity contribution in [3.8, 4) is 0 Å². The third-order valence-electron chi connectivity index (χ3n) is 3.05. The number of aromatic carboxylic acids is 1. The molecular weight excluding hydrogens is 262 g/mol. The third-order valence-corrected chi connectivity index (χ3v) is 3.05. The number of aromatic nitrogens is 2. The zero-order valence-corrected chi connectivity index (χ0v) is 10.4. The van der Waals surface area contributed by atoms with Crippen LogP contribution in [0, 0.1) is 0 Å². The van der Waals surface area contributed by atoms with Gasteiger partial charge in [-0.1, -0.05) is 12.1 Å². The van der Waals surface area contributed by atoms with Crippen LogP contribution in [-0.2, 0) is 7.05 Å². The number of imide groups is 1. The minimum absolute atomic E-state index is 0.0220. The van der Waals surface area contributed by atoms with Gasteiger partial charge < -0.3 is 5.11 Å². The van der Waals surface area contributed by atoms with E-state index in [1.807, 2.05) is 0 Å². The lowest BCUT2D eigenvalue weighted by Gasteiger charge is -2.11. The van der Waals surface area contributed by atoms with Crippen molar-refractivity contribution in [2.45, 2.75) is 0 Å². The number of rotatable bonds is 2. The van der Waals surface area contributed by atoms with E-state index in [0.717, 1.165) is 4.90 Å². The summed E-state index contributed by atoms with van der Waals surface area (Å²) in [6.07, 6.45) is 1.34. The van der Waals surface area contributed by atoms with Crippen molar-refractivity contribution in [1.82, 2.24) is 9.78 Å². The molecule has 2 amide bonds. The summed E-state index contributed by atoms with van der Waals surface area (Å²) in [6.45, 7) is 0. The van der Waals surface area contributed by atoms with E-state index in [1.165, 1.54) is 30.1 Å². The highest BCUT2D eigenvalue weighted by atomic mass is 16.4. The molecule has 0 saturated carbocycles. The molecule has 1 N–H and O–H groups in total. The van der Waals surface area contributed by atoms with Crippen LogP contribution in [0.3, 0.4) is 0 Å². The van der Waals surface area contributed by atoms with Crippen LogP contribution in [0.1, 0.15) is 31.2 Å². The average molecular weight is 271 g/mol. The summed E-state index contributed by atoms with van der Waals surface area (Å²) in [5.74, 6) is -2.38. The lowest BCUT2D eigenvalue weighted by Crippen LogP contribution is -2.30. The maximum Gasteiger partial charge on any atom is 0.358 e. The molecule has 0 aliphatic carbocycles. The number of aryl methyl sites for hydroxylation is 1. The number of amides is 2. The van der Waals surface area contributed by atoms with Crippen molar-refractivity contribution in [2.24, 2.45) is 7.05 Å². The molecule has 0 spiro atoms. The van der Waals surface area contributed by atoms with E-state index >= 15 is 0 Å². The van der Waals surface area contributed by atoms with Crippen LogP contribution in [0.25, 0.3) is 0 Å². The molecule has 0 unspecified atom stereocenters. The van der Waals surface area contributed by atoms with Gasteiger partial charge in [-0.2, -0.15) is 5.10 Å². The van der Waals surface area contributed by atoms with Crippen LogP contribution < -0.4 is 4.90 Å².